The molecule has 0 bridgehead atoms. The Morgan fingerprint density at radius 3 is 2.50 bits per heavy atom. The Kier molecular flexibility index (Phi) is 5.31. The minimum atomic E-state index is -0.536. The van der Waals surface area contributed by atoms with E-state index in [0.29, 0.717) is 39.1 Å². The average molecular weight is 424 g/mol. The number of primary amides is 1. The van der Waals surface area contributed by atoms with E-state index in [2.05, 4.69) is 15.6 Å². The number of hydrogen-bond acceptors (Lipinski definition) is 7. The van der Waals surface area contributed by atoms with Gasteiger partial charge in [0.1, 0.15) is 0 Å². The summed E-state index contributed by atoms with van der Waals surface area (Å²) in [7, 11) is 0. The Balaban J connectivity index is 1.34. The van der Waals surface area contributed by atoms with Gasteiger partial charge >= 0.3 is 0 Å². The fourth-order valence-electron chi connectivity index (χ4n) is 2.74. The average Bonchev–Trinajstić information content (AvgIpc) is 3.36. The van der Waals surface area contributed by atoms with E-state index >= 15 is 0 Å². The van der Waals surface area contributed by atoms with E-state index in [4.69, 9.17) is 15.2 Å². The molecule has 2 heterocycles. The third-order valence-corrected chi connectivity index (χ3v) is 5.01. The SMILES string of the molecule is NC(=O)c1ccc(NC(=O)Cc2csc(NC(=O)c3ccc4c(c3)OCO4)n2)cc1. The molecule has 0 spiro atoms. The predicted molar refractivity (Wildman–Crippen MR) is 110 cm³/mol. The van der Waals surface area contributed by atoms with Crippen LogP contribution < -0.4 is 25.8 Å². The first-order valence-corrected chi connectivity index (χ1v) is 9.71. The monoisotopic (exact) mass is 424 g/mol. The summed E-state index contributed by atoms with van der Waals surface area (Å²) in [6.07, 6.45) is 0.0357. The molecule has 0 atom stereocenters. The number of fused-ring (bicyclic) bond motifs is 1. The first-order valence-electron chi connectivity index (χ1n) is 8.83. The number of anilines is 2. The van der Waals surface area contributed by atoms with E-state index in [9.17, 15) is 14.4 Å². The van der Waals surface area contributed by atoms with Gasteiger partial charge < -0.3 is 20.5 Å². The number of rotatable bonds is 6. The Bertz CT molecular complexity index is 1130. The summed E-state index contributed by atoms with van der Waals surface area (Å²) in [5.41, 5.74) is 7.02. The molecule has 4 N–H and O–H groups in total. The number of carbonyl (C=O) groups is 3. The lowest BCUT2D eigenvalue weighted by Crippen LogP contribution is -2.15. The Morgan fingerprint density at radius 2 is 1.73 bits per heavy atom. The van der Waals surface area contributed by atoms with Crippen LogP contribution in [-0.2, 0) is 11.2 Å². The number of nitrogens with two attached hydrogens (primary N) is 1. The van der Waals surface area contributed by atoms with Crippen LogP contribution in [0.15, 0.2) is 47.8 Å². The summed E-state index contributed by atoms with van der Waals surface area (Å²) in [4.78, 5) is 40.0. The normalized spacial score (nSPS) is 11.7. The maximum atomic E-state index is 12.4. The van der Waals surface area contributed by atoms with Crippen LogP contribution >= 0.6 is 11.3 Å². The number of hydrogen-bond donors (Lipinski definition) is 3. The Morgan fingerprint density at radius 1 is 1.00 bits per heavy atom. The molecular formula is C20H16N4O5S. The van der Waals surface area contributed by atoms with Crippen LogP contribution in [0.4, 0.5) is 10.8 Å². The molecule has 3 aromatic rings. The van der Waals surface area contributed by atoms with E-state index in [0.717, 1.165) is 0 Å². The quantitative estimate of drug-likeness (QED) is 0.557. The molecule has 0 radical (unpaired) electrons. The minimum absolute atomic E-state index is 0.0357. The Labute approximate surface area is 174 Å². The molecule has 0 aliphatic carbocycles. The lowest BCUT2D eigenvalue weighted by molar-refractivity contribution is -0.115. The third-order valence-electron chi connectivity index (χ3n) is 4.20. The minimum Gasteiger partial charge on any atom is -0.454 e. The van der Waals surface area contributed by atoms with Crippen molar-refractivity contribution in [3.8, 4) is 11.5 Å². The topological polar surface area (TPSA) is 133 Å². The molecule has 30 heavy (non-hydrogen) atoms. The fourth-order valence-corrected chi connectivity index (χ4v) is 3.45. The second-order valence-corrected chi connectivity index (χ2v) is 7.19. The van der Waals surface area contributed by atoms with E-state index in [1.165, 1.54) is 23.5 Å². The standard InChI is InChI=1S/C20H16N4O5S/c21-18(26)11-1-4-13(5-2-11)22-17(25)8-14-9-30-20(23-14)24-19(27)12-3-6-15-16(7-12)29-10-28-15/h1-7,9H,8,10H2,(H2,21,26)(H,22,25)(H,23,24,27). The van der Waals surface area contributed by atoms with Crippen LogP contribution in [-0.4, -0.2) is 29.5 Å². The smallest absolute Gasteiger partial charge is 0.257 e. The number of aromatic nitrogens is 1. The molecule has 152 valence electrons. The fraction of sp³-hybridized carbons (Fsp3) is 0.100. The molecule has 0 saturated carbocycles. The van der Waals surface area contributed by atoms with Crippen LogP contribution in [0.3, 0.4) is 0 Å². The Hall–Kier alpha value is -3.92. The summed E-state index contributed by atoms with van der Waals surface area (Å²) < 4.78 is 10.5. The van der Waals surface area contributed by atoms with Crippen molar-refractivity contribution in [3.05, 3.63) is 64.7 Å². The van der Waals surface area contributed by atoms with Crippen molar-refractivity contribution in [1.29, 1.82) is 0 Å². The van der Waals surface area contributed by atoms with E-state index < -0.39 is 5.91 Å². The molecule has 3 amide bonds. The summed E-state index contributed by atoms with van der Waals surface area (Å²) in [5.74, 6) is -0.0407. The van der Waals surface area contributed by atoms with Crippen molar-refractivity contribution in [2.24, 2.45) is 5.73 Å². The summed E-state index contributed by atoms with van der Waals surface area (Å²) in [6, 6.07) is 11.2. The third kappa shape index (κ3) is 4.39. The highest BCUT2D eigenvalue weighted by Gasteiger charge is 2.17. The molecular weight excluding hydrogens is 408 g/mol. The molecule has 2 aromatic carbocycles. The maximum Gasteiger partial charge on any atom is 0.257 e. The van der Waals surface area contributed by atoms with Gasteiger partial charge in [-0.15, -0.1) is 11.3 Å². The summed E-state index contributed by atoms with van der Waals surface area (Å²) in [5, 5.41) is 7.50. The van der Waals surface area contributed by atoms with Crippen LogP contribution in [0.2, 0.25) is 0 Å². The molecule has 0 saturated heterocycles. The van der Waals surface area contributed by atoms with Crippen molar-refractivity contribution >= 4 is 39.9 Å². The van der Waals surface area contributed by atoms with Gasteiger partial charge in [0.25, 0.3) is 5.91 Å². The molecule has 4 rings (SSSR count). The van der Waals surface area contributed by atoms with Gasteiger partial charge in [0.2, 0.25) is 18.6 Å². The lowest BCUT2D eigenvalue weighted by atomic mass is 10.2. The van der Waals surface area contributed by atoms with Crippen LogP contribution in [0.5, 0.6) is 11.5 Å². The molecule has 1 aliphatic heterocycles. The van der Waals surface area contributed by atoms with Gasteiger partial charge in [0, 0.05) is 22.2 Å². The van der Waals surface area contributed by atoms with Gasteiger partial charge in [0.15, 0.2) is 16.6 Å². The van der Waals surface area contributed by atoms with Crippen LogP contribution in [0.25, 0.3) is 0 Å². The molecule has 0 fully saturated rings. The zero-order valence-corrected chi connectivity index (χ0v) is 16.3. The second-order valence-electron chi connectivity index (χ2n) is 6.33. The molecule has 1 aliphatic rings. The zero-order valence-electron chi connectivity index (χ0n) is 15.5. The number of thiazole rings is 1. The molecule has 9 nitrogen and oxygen atoms in total. The van der Waals surface area contributed by atoms with E-state index in [1.54, 1.807) is 35.7 Å². The number of amides is 3. The van der Waals surface area contributed by atoms with Crippen LogP contribution in [0, 0.1) is 0 Å². The molecule has 1 aromatic heterocycles. The number of ether oxygens (including phenoxy) is 2. The predicted octanol–water partition coefficient (Wildman–Crippen LogP) is 2.40. The highest BCUT2D eigenvalue weighted by atomic mass is 32.1. The first-order chi connectivity index (χ1) is 14.5. The van der Waals surface area contributed by atoms with Gasteiger partial charge in [-0.1, -0.05) is 0 Å². The van der Waals surface area contributed by atoms with Crippen molar-refractivity contribution in [2.75, 3.05) is 17.4 Å². The van der Waals surface area contributed by atoms with Crippen molar-refractivity contribution in [1.82, 2.24) is 4.98 Å². The van der Waals surface area contributed by atoms with Gasteiger partial charge in [-0.2, -0.15) is 0 Å². The largest absolute Gasteiger partial charge is 0.454 e. The van der Waals surface area contributed by atoms with Crippen molar-refractivity contribution in [2.45, 2.75) is 6.42 Å². The van der Waals surface area contributed by atoms with E-state index in [1.807, 2.05) is 0 Å². The van der Waals surface area contributed by atoms with Crippen LogP contribution in [0.1, 0.15) is 26.4 Å². The van der Waals surface area contributed by atoms with Crippen molar-refractivity contribution in [3.63, 3.8) is 0 Å². The highest BCUT2D eigenvalue weighted by molar-refractivity contribution is 7.14. The van der Waals surface area contributed by atoms with Gasteiger partial charge in [-0.05, 0) is 42.5 Å². The molecule has 10 heteroatoms. The zero-order chi connectivity index (χ0) is 21.1. The van der Waals surface area contributed by atoms with Gasteiger partial charge in [0.05, 0.1) is 12.1 Å². The van der Waals surface area contributed by atoms with Crippen molar-refractivity contribution < 1.29 is 23.9 Å². The summed E-state index contributed by atoms with van der Waals surface area (Å²) in [6.45, 7) is 0.133. The number of nitrogens with one attached hydrogen (secondary N) is 2. The maximum absolute atomic E-state index is 12.4. The highest BCUT2D eigenvalue weighted by Crippen LogP contribution is 2.32. The molecule has 0 unspecified atom stereocenters. The lowest BCUT2D eigenvalue weighted by Gasteiger charge is -2.05. The number of benzene rings is 2. The first kappa shape index (κ1) is 19.4. The number of nitrogens with zero attached hydrogens (tertiary/aromatic N) is 1. The van der Waals surface area contributed by atoms with Gasteiger partial charge in [-0.25, -0.2) is 4.98 Å². The van der Waals surface area contributed by atoms with E-state index in [-0.39, 0.29) is 25.0 Å². The second kappa shape index (κ2) is 8.21. The number of carbonyl (C=O) groups excluding carboxylic acids is 3. The van der Waals surface area contributed by atoms with Gasteiger partial charge in [-0.3, -0.25) is 19.7 Å². The summed E-state index contributed by atoms with van der Waals surface area (Å²) >= 11 is 1.22.